The molecule has 0 aliphatic rings. The van der Waals surface area contributed by atoms with E-state index in [9.17, 15) is 10.1 Å². The lowest BCUT2D eigenvalue weighted by atomic mass is 10.0. The average molecular weight is 293 g/mol. The maximum Gasteiger partial charge on any atom is 0.270 e. The molecule has 0 spiro atoms. The first-order valence-electron chi connectivity index (χ1n) is 5.66. The van der Waals surface area contributed by atoms with Gasteiger partial charge < -0.3 is 5.73 Å². The zero-order chi connectivity index (χ0) is 15.1. The fraction of sp³-hybridized carbons (Fsp3) is 0.0714. The number of nitro benzene ring substituents is 1. The van der Waals surface area contributed by atoms with Gasteiger partial charge in [-0.2, -0.15) is 0 Å². The Kier molecular flexibility index (Phi) is 5.68. The largest absolute Gasteiger partial charge is 0.372 e. The van der Waals surface area contributed by atoms with Crippen molar-refractivity contribution in [1.82, 2.24) is 0 Å². The van der Waals surface area contributed by atoms with Gasteiger partial charge in [0.1, 0.15) is 0 Å². The molecule has 0 aliphatic heterocycles. The molecule has 0 bridgehead atoms. The molecule has 0 heterocycles. The molecular formula is C14H13ClN2O3. The Labute approximate surface area is 121 Å². The number of nitrogens with zero attached hydrogens (tertiary/aromatic N) is 1. The molecule has 0 atom stereocenters. The number of hydrogen-bond donors (Lipinski definition) is 1. The Hall–Kier alpha value is -2.40. The summed E-state index contributed by atoms with van der Waals surface area (Å²) in [5, 5.41) is 11.2. The molecule has 0 unspecified atom stereocenters. The van der Waals surface area contributed by atoms with Crippen molar-refractivity contribution >= 4 is 23.7 Å². The number of halogens is 1. The van der Waals surface area contributed by atoms with Gasteiger partial charge in [0.2, 0.25) is 6.41 Å². The van der Waals surface area contributed by atoms with Crippen LogP contribution in [-0.2, 0) is 4.79 Å². The number of benzene rings is 2. The van der Waals surface area contributed by atoms with Crippen LogP contribution in [0.4, 0.5) is 5.69 Å². The number of nitrogens with two attached hydrogens (primary N) is 1. The minimum atomic E-state index is -0.423. The standard InChI is InChI=1S/C13H10ClNO2.CH3NO/c1-9-2-4-10(5-3-9)12-8-11(15(16)17)6-7-13(12)14;2-1-3/h2-8H,1H3;1H,(H2,2,3). The molecule has 104 valence electrons. The first-order chi connectivity index (χ1) is 9.49. The molecule has 0 radical (unpaired) electrons. The topological polar surface area (TPSA) is 86.2 Å². The van der Waals surface area contributed by atoms with Crippen LogP contribution in [-0.4, -0.2) is 11.3 Å². The van der Waals surface area contributed by atoms with Crippen LogP contribution in [0.25, 0.3) is 11.1 Å². The highest BCUT2D eigenvalue weighted by Crippen LogP contribution is 2.31. The lowest BCUT2D eigenvalue weighted by Gasteiger charge is -2.04. The molecule has 5 nitrogen and oxygen atoms in total. The van der Waals surface area contributed by atoms with Gasteiger partial charge in [0.25, 0.3) is 5.69 Å². The van der Waals surface area contributed by atoms with Crippen LogP contribution >= 0.6 is 11.6 Å². The monoisotopic (exact) mass is 292 g/mol. The zero-order valence-corrected chi connectivity index (χ0v) is 11.5. The number of primary amides is 1. The second-order valence-corrected chi connectivity index (χ2v) is 4.33. The van der Waals surface area contributed by atoms with Crippen molar-refractivity contribution in [2.75, 3.05) is 0 Å². The second-order valence-electron chi connectivity index (χ2n) is 3.92. The minimum absolute atomic E-state index is 0.0463. The van der Waals surface area contributed by atoms with E-state index >= 15 is 0 Å². The lowest BCUT2D eigenvalue weighted by Crippen LogP contribution is -1.89. The Morgan fingerprint density at radius 1 is 1.20 bits per heavy atom. The Morgan fingerprint density at radius 3 is 2.25 bits per heavy atom. The summed E-state index contributed by atoms with van der Waals surface area (Å²) in [4.78, 5) is 18.9. The van der Waals surface area contributed by atoms with Gasteiger partial charge >= 0.3 is 0 Å². The van der Waals surface area contributed by atoms with Crippen molar-refractivity contribution in [2.24, 2.45) is 5.73 Å². The molecule has 20 heavy (non-hydrogen) atoms. The van der Waals surface area contributed by atoms with Gasteiger partial charge in [0, 0.05) is 22.7 Å². The van der Waals surface area contributed by atoms with Crippen molar-refractivity contribution in [1.29, 1.82) is 0 Å². The molecule has 2 N–H and O–H groups in total. The van der Waals surface area contributed by atoms with Crippen molar-refractivity contribution in [3.05, 3.63) is 63.2 Å². The average Bonchev–Trinajstić information content (AvgIpc) is 2.41. The Balaban J connectivity index is 0.000000612. The normalized spacial score (nSPS) is 9.30. The third-order valence-corrected chi connectivity index (χ3v) is 2.85. The zero-order valence-electron chi connectivity index (χ0n) is 10.7. The molecule has 0 aliphatic carbocycles. The molecule has 1 amide bonds. The van der Waals surface area contributed by atoms with E-state index in [0.29, 0.717) is 10.6 Å². The minimum Gasteiger partial charge on any atom is -0.372 e. The maximum absolute atomic E-state index is 10.7. The van der Waals surface area contributed by atoms with Crippen LogP contribution in [0.5, 0.6) is 0 Å². The molecule has 2 rings (SSSR count). The molecule has 0 saturated heterocycles. The van der Waals surface area contributed by atoms with Crippen LogP contribution in [0.1, 0.15) is 5.56 Å². The van der Waals surface area contributed by atoms with E-state index in [1.807, 2.05) is 31.2 Å². The fourth-order valence-electron chi connectivity index (χ4n) is 1.58. The number of rotatable bonds is 2. The van der Waals surface area contributed by atoms with Gasteiger partial charge in [-0.15, -0.1) is 0 Å². The lowest BCUT2D eigenvalue weighted by molar-refractivity contribution is -0.384. The van der Waals surface area contributed by atoms with Crippen LogP contribution in [0, 0.1) is 17.0 Å². The van der Waals surface area contributed by atoms with Gasteiger partial charge in [-0.05, 0) is 18.6 Å². The number of carbonyl (C=O) groups excluding carboxylic acids is 1. The van der Waals surface area contributed by atoms with Gasteiger partial charge in [-0.1, -0.05) is 41.4 Å². The quantitative estimate of drug-likeness (QED) is 0.523. The number of non-ortho nitro benzene ring substituents is 1. The number of carbonyl (C=O) groups is 1. The summed E-state index contributed by atoms with van der Waals surface area (Å²) in [7, 11) is 0. The SMILES string of the molecule is Cc1ccc(-c2cc([N+](=O)[O-])ccc2Cl)cc1.NC=O. The van der Waals surface area contributed by atoms with E-state index in [2.05, 4.69) is 5.73 Å². The number of amides is 1. The first kappa shape index (κ1) is 15.7. The third kappa shape index (κ3) is 4.07. The van der Waals surface area contributed by atoms with E-state index in [-0.39, 0.29) is 12.1 Å². The highest BCUT2D eigenvalue weighted by atomic mass is 35.5. The summed E-state index contributed by atoms with van der Waals surface area (Å²) in [6, 6.07) is 12.2. The molecule has 0 saturated carbocycles. The number of hydrogen-bond acceptors (Lipinski definition) is 3. The van der Waals surface area contributed by atoms with Crippen molar-refractivity contribution in [3.63, 3.8) is 0 Å². The van der Waals surface area contributed by atoms with Gasteiger partial charge in [0.15, 0.2) is 0 Å². The van der Waals surface area contributed by atoms with Gasteiger partial charge in [-0.25, -0.2) is 0 Å². The number of aryl methyl sites for hydroxylation is 1. The molecule has 0 aromatic heterocycles. The van der Waals surface area contributed by atoms with Crippen molar-refractivity contribution in [3.8, 4) is 11.1 Å². The third-order valence-electron chi connectivity index (χ3n) is 2.52. The molecule has 6 heteroatoms. The highest BCUT2D eigenvalue weighted by Gasteiger charge is 2.10. The van der Waals surface area contributed by atoms with Crippen molar-refractivity contribution < 1.29 is 9.72 Å². The first-order valence-corrected chi connectivity index (χ1v) is 6.03. The highest BCUT2D eigenvalue weighted by molar-refractivity contribution is 6.33. The van der Waals surface area contributed by atoms with Crippen LogP contribution in [0.2, 0.25) is 5.02 Å². The summed E-state index contributed by atoms with van der Waals surface area (Å²) in [6.45, 7) is 1.98. The van der Waals surface area contributed by atoms with E-state index in [1.54, 1.807) is 6.07 Å². The summed E-state index contributed by atoms with van der Waals surface area (Å²) in [5.41, 5.74) is 6.91. The number of nitro groups is 1. The molecule has 0 fully saturated rings. The van der Waals surface area contributed by atoms with Gasteiger partial charge in [0.05, 0.1) is 4.92 Å². The Bertz CT molecular complexity index is 612. The summed E-state index contributed by atoms with van der Waals surface area (Å²) in [6.07, 6.45) is 0.250. The van der Waals surface area contributed by atoms with Crippen LogP contribution < -0.4 is 5.73 Å². The summed E-state index contributed by atoms with van der Waals surface area (Å²) in [5.74, 6) is 0. The van der Waals surface area contributed by atoms with Crippen LogP contribution in [0.3, 0.4) is 0 Å². The van der Waals surface area contributed by atoms with Crippen molar-refractivity contribution in [2.45, 2.75) is 6.92 Å². The van der Waals surface area contributed by atoms with E-state index in [0.717, 1.165) is 11.1 Å². The van der Waals surface area contributed by atoms with Crippen LogP contribution in [0.15, 0.2) is 42.5 Å². The van der Waals surface area contributed by atoms with E-state index in [4.69, 9.17) is 16.4 Å². The summed E-state index contributed by atoms with van der Waals surface area (Å²) < 4.78 is 0. The molecule has 2 aromatic rings. The Morgan fingerprint density at radius 2 is 1.75 bits per heavy atom. The predicted molar refractivity (Wildman–Crippen MR) is 78.5 cm³/mol. The predicted octanol–water partition coefficient (Wildman–Crippen LogP) is 3.33. The fourth-order valence-corrected chi connectivity index (χ4v) is 1.81. The van der Waals surface area contributed by atoms with Gasteiger partial charge in [-0.3, -0.25) is 14.9 Å². The van der Waals surface area contributed by atoms with E-state index < -0.39 is 4.92 Å². The maximum atomic E-state index is 10.7. The summed E-state index contributed by atoms with van der Waals surface area (Å²) >= 11 is 6.05. The molecular weight excluding hydrogens is 280 g/mol. The second kappa shape index (κ2) is 7.25. The molecule has 2 aromatic carbocycles. The smallest absolute Gasteiger partial charge is 0.270 e. The van der Waals surface area contributed by atoms with E-state index in [1.165, 1.54) is 12.1 Å².